The van der Waals surface area contributed by atoms with Gasteiger partial charge in [0, 0.05) is 6.54 Å². The monoisotopic (exact) mass is 457 g/mol. The van der Waals surface area contributed by atoms with E-state index in [-0.39, 0.29) is 29.2 Å². The maximum Gasteiger partial charge on any atom is 0.261 e. The van der Waals surface area contributed by atoms with Gasteiger partial charge in [-0.3, -0.25) is 10.0 Å². The van der Waals surface area contributed by atoms with Gasteiger partial charge in [0.25, 0.3) is 5.91 Å². The highest BCUT2D eigenvalue weighted by molar-refractivity contribution is 7.89. The fourth-order valence-corrected chi connectivity index (χ4v) is 4.85. The average Bonchev–Trinajstić information content (AvgIpc) is 2.75. The third kappa shape index (κ3) is 6.50. The summed E-state index contributed by atoms with van der Waals surface area (Å²) >= 11 is 0. The minimum absolute atomic E-state index is 0.0311. The van der Waals surface area contributed by atoms with E-state index in [2.05, 4.69) is 9.44 Å². The Hall–Kier alpha value is -2.51. The minimum atomic E-state index is -4.06. The van der Waals surface area contributed by atoms with Gasteiger partial charge in [0.15, 0.2) is 0 Å². The molecule has 0 bridgehead atoms. The predicted molar refractivity (Wildman–Crippen MR) is 108 cm³/mol. The van der Waals surface area contributed by atoms with Crippen LogP contribution in [0.15, 0.2) is 64.4 Å². The van der Waals surface area contributed by atoms with Gasteiger partial charge >= 0.3 is 0 Å². The van der Waals surface area contributed by atoms with Crippen molar-refractivity contribution in [1.29, 1.82) is 0 Å². The van der Waals surface area contributed by atoms with Crippen molar-refractivity contribution >= 4 is 26.0 Å². The molecule has 0 aliphatic heterocycles. The number of rotatable bonds is 11. The molecule has 1 atom stereocenters. The Morgan fingerprint density at radius 3 is 2.13 bits per heavy atom. The molecule has 0 unspecified atom stereocenters. The van der Waals surface area contributed by atoms with E-state index in [0.717, 1.165) is 0 Å². The van der Waals surface area contributed by atoms with Gasteiger partial charge in [-0.1, -0.05) is 18.2 Å². The molecule has 0 saturated heterocycles. The number of sulfonamides is 2. The Labute approximate surface area is 175 Å². The molecular formula is C18H23N3O7S2. The number of methoxy groups -OCH3 is 1. The van der Waals surface area contributed by atoms with Crippen molar-refractivity contribution in [2.24, 2.45) is 0 Å². The third-order valence-corrected chi connectivity index (χ3v) is 7.07. The smallest absolute Gasteiger partial charge is 0.261 e. The number of benzene rings is 2. The molecule has 0 aliphatic carbocycles. The van der Waals surface area contributed by atoms with E-state index in [9.17, 15) is 21.6 Å². The van der Waals surface area contributed by atoms with Gasteiger partial charge in [-0.2, -0.15) is 4.72 Å². The van der Waals surface area contributed by atoms with Gasteiger partial charge in [-0.15, -0.1) is 0 Å². The van der Waals surface area contributed by atoms with E-state index in [1.165, 1.54) is 49.0 Å². The second-order valence-electron chi connectivity index (χ2n) is 6.18. The van der Waals surface area contributed by atoms with Crippen molar-refractivity contribution in [3.05, 3.63) is 54.6 Å². The van der Waals surface area contributed by atoms with Crippen LogP contribution in [0, 0.1) is 0 Å². The van der Waals surface area contributed by atoms with Gasteiger partial charge in [0.2, 0.25) is 20.0 Å². The van der Waals surface area contributed by atoms with Gasteiger partial charge < -0.3 is 4.74 Å². The van der Waals surface area contributed by atoms with Crippen LogP contribution in [-0.2, 0) is 24.8 Å². The van der Waals surface area contributed by atoms with Gasteiger partial charge in [-0.25, -0.2) is 27.0 Å². The first-order chi connectivity index (χ1) is 14.2. The first-order valence-corrected chi connectivity index (χ1v) is 11.8. The highest BCUT2D eigenvalue weighted by Crippen LogP contribution is 2.16. The molecule has 30 heavy (non-hydrogen) atoms. The van der Waals surface area contributed by atoms with Gasteiger partial charge in [-0.05, 0) is 49.2 Å². The number of hydrogen-bond acceptors (Lipinski definition) is 7. The molecule has 0 saturated carbocycles. The van der Waals surface area contributed by atoms with Crippen molar-refractivity contribution < 1.29 is 31.6 Å². The lowest BCUT2D eigenvalue weighted by atomic mass is 10.1. The number of carbonyl (C=O) groups is 1. The van der Waals surface area contributed by atoms with E-state index >= 15 is 0 Å². The Bertz CT molecular complexity index is 1040. The second-order valence-corrected chi connectivity index (χ2v) is 9.66. The summed E-state index contributed by atoms with van der Waals surface area (Å²) in [5, 5.41) is 8.91. The molecule has 164 valence electrons. The molecule has 0 radical (unpaired) electrons. The summed E-state index contributed by atoms with van der Waals surface area (Å²) in [5.41, 5.74) is 1.42. The topological polar surface area (TPSA) is 151 Å². The fourth-order valence-electron chi connectivity index (χ4n) is 2.53. The van der Waals surface area contributed by atoms with Crippen LogP contribution in [0.25, 0.3) is 0 Å². The summed E-state index contributed by atoms with van der Waals surface area (Å²) in [6, 6.07) is 12.0. The molecule has 4 N–H and O–H groups in total. The maximum atomic E-state index is 12.5. The molecule has 2 aromatic carbocycles. The predicted octanol–water partition coefficient (Wildman–Crippen LogP) is 0.606. The quantitative estimate of drug-likeness (QED) is 0.219. The molecule has 1 amide bonds. The van der Waals surface area contributed by atoms with Gasteiger partial charge in [0.1, 0.15) is 11.8 Å². The minimum Gasteiger partial charge on any atom is -0.497 e. The zero-order chi connectivity index (χ0) is 22.2. The summed E-state index contributed by atoms with van der Waals surface area (Å²) in [6.45, 7) is -0.0311. The lowest BCUT2D eigenvalue weighted by molar-refractivity contribution is -0.131. The lowest BCUT2D eigenvalue weighted by Gasteiger charge is -2.17. The van der Waals surface area contributed by atoms with Crippen LogP contribution in [0.4, 0.5) is 0 Å². The van der Waals surface area contributed by atoms with Crippen molar-refractivity contribution in [3.8, 4) is 5.75 Å². The highest BCUT2D eigenvalue weighted by Gasteiger charge is 2.25. The zero-order valence-electron chi connectivity index (χ0n) is 16.1. The first-order valence-electron chi connectivity index (χ1n) is 8.84. The van der Waals surface area contributed by atoms with E-state index in [0.29, 0.717) is 5.75 Å². The zero-order valence-corrected chi connectivity index (χ0v) is 17.7. The van der Waals surface area contributed by atoms with E-state index in [4.69, 9.17) is 9.94 Å². The first kappa shape index (κ1) is 23.8. The number of hydrogen-bond donors (Lipinski definition) is 4. The van der Waals surface area contributed by atoms with Crippen LogP contribution < -0.4 is 19.7 Å². The Morgan fingerprint density at radius 2 is 1.57 bits per heavy atom. The maximum absolute atomic E-state index is 12.5. The fraction of sp³-hybridized carbons (Fsp3) is 0.278. The Kier molecular flexibility index (Phi) is 8.32. The van der Waals surface area contributed by atoms with Crippen molar-refractivity contribution in [3.63, 3.8) is 0 Å². The largest absolute Gasteiger partial charge is 0.497 e. The van der Waals surface area contributed by atoms with Crippen LogP contribution in [0.3, 0.4) is 0 Å². The van der Waals surface area contributed by atoms with Crippen molar-refractivity contribution in [2.45, 2.75) is 28.7 Å². The number of carbonyl (C=O) groups excluding carboxylic acids is 1. The lowest BCUT2D eigenvalue weighted by Crippen LogP contribution is -2.46. The molecule has 2 rings (SSSR count). The molecule has 12 heteroatoms. The molecule has 10 nitrogen and oxygen atoms in total. The van der Waals surface area contributed by atoms with E-state index in [1.807, 2.05) is 0 Å². The average molecular weight is 458 g/mol. The summed E-state index contributed by atoms with van der Waals surface area (Å²) in [7, 11) is -6.34. The molecule has 0 fully saturated rings. The molecule has 0 spiro atoms. The Morgan fingerprint density at radius 1 is 0.967 bits per heavy atom. The van der Waals surface area contributed by atoms with Crippen LogP contribution in [0.5, 0.6) is 5.75 Å². The summed E-state index contributed by atoms with van der Waals surface area (Å²) in [4.78, 5) is 11.9. The third-order valence-electron chi connectivity index (χ3n) is 4.11. The van der Waals surface area contributed by atoms with Crippen LogP contribution in [0.1, 0.15) is 12.8 Å². The Balaban J connectivity index is 1.99. The number of nitrogens with one attached hydrogen (secondary N) is 3. The van der Waals surface area contributed by atoms with Crippen LogP contribution >= 0.6 is 0 Å². The summed E-state index contributed by atoms with van der Waals surface area (Å²) in [6.07, 6.45) is 0.0777. The normalized spacial score (nSPS) is 12.9. The second kappa shape index (κ2) is 10.5. The number of amides is 1. The van der Waals surface area contributed by atoms with E-state index < -0.39 is 32.0 Å². The summed E-state index contributed by atoms with van der Waals surface area (Å²) < 4.78 is 59.0. The highest BCUT2D eigenvalue weighted by atomic mass is 32.2. The van der Waals surface area contributed by atoms with E-state index in [1.54, 1.807) is 18.2 Å². The van der Waals surface area contributed by atoms with Crippen LogP contribution in [0.2, 0.25) is 0 Å². The van der Waals surface area contributed by atoms with Crippen molar-refractivity contribution in [1.82, 2.24) is 14.9 Å². The molecule has 0 aliphatic rings. The van der Waals surface area contributed by atoms with Crippen molar-refractivity contribution in [2.75, 3.05) is 13.7 Å². The molecule has 0 aromatic heterocycles. The van der Waals surface area contributed by atoms with Gasteiger partial charge in [0.05, 0.1) is 16.9 Å². The molecule has 0 heterocycles. The van der Waals surface area contributed by atoms with Crippen LogP contribution in [-0.4, -0.2) is 47.6 Å². The standard InChI is InChI=1S/C18H23N3O7S2/c1-28-14-9-11-16(12-10-14)30(26,27)21-17(18(22)20-23)8-5-13-19-29(24,25)15-6-3-2-4-7-15/h2-4,6-7,9-12,17,19,21,23H,5,8,13H2,1H3,(H,20,22)/t17-/m1/s1. The summed E-state index contributed by atoms with van der Waals surface area (Å²) in [5.74, 6) is -0.498. The molecule has 2 aromatic rings. The number of ether oxygens (including phenoxy) is 1. The molecular weight excluding hydrogens is 434 g/mol. The number of hydroxylamine groups is 1. The SMILES string of the molecule is COc1ccc(S(=O)(=O)N[C@H](CCCNS(=O)(=O)c2ccccc2)C(=O)NO)cc1.